The number of fused-ring (bicyclic) bond motifs is 1. The van der Waals surface area contributed by atoms with Crippen LogP contribution in [0.15, 0.2) is 41.3 Å². The van der Waals surface area contributed by atoms with Gasteiger partial charge in [0.15, 0.2) is 0 Å². The number of aromatic amines is 1. The van der Waals surface area contributed by atoms with Gasteiger partial charge in [-0.05, 0) is 36.2 Å². The van der Waals surface area contributed by atoms with Crippen LogP contribution in [0.3, 0.4) is 0 Å². The van der Waals surface area contributed by atoms with Gasteiger partial charge in [-0.1, -0.05) is 6.92 Å². The van der Waals surface area contributed by atoms with E-state index >= 15 is 0 Å². The number of likely N-dealkylation sites (tertiary alicyclic amines) is 2. The molecule has 3 aromatic rings. The van der Waals surface area contributed by atoms with Crippen LogP contribution >= 0.6 is 0 Å². The van der Waals surface area contributed by atoms with E-state index in [9.17, 15) is 18.4 Å². The van der Waals surface area contributed by atoms with Gasteiger partial charge in [-0.2, -0.15) is 0 Å². The second-order valence-electron chi connectivity index (χ2n) is 8.68. The molecule has 2 saturated heterocycles. The minimum absolute atomic E-state index is 0.0424. The Labute approximate surface area is 177 Å². The van der Waals surface area contributed by atoms with Gasteiger partial charge >= 0.3 is 0 Å². The van der Waals surface area contributed by atoms with Gasteiger partial charge in [0.1, 0.15) is 11.6 Å². The molecule has 1 N–H and O–H groups in total. The number of halogens is 2. The molecule has 1 amide bonds. The van der Waals surface area contributed by atoms with Crippen LogP contribution in [0.2, 0.25) is 0 Å². The number of carbonyl (C=O) groups is 1. The zero-order chi connectivity index (χ0) is 21.8. The first kappa shape index (κ1) is 19.8. The molecule has 0 atom stereocenters. The number of rotatable bonds is 4. The van der Waals surface area contributed by atoms with Crippen LogP contribution in [-0.4, -0.2) is 51.9 Å². The fraction of sp³-hybridized carbons (Fsp3) is 0.348. The summed E-state index contributed by atoms with van der Waals surface area (Å²) in [7, 11) is 0. The fourth-order valence-electron chi connectivity index (χ4n) is 4.73. The molecule has 1 aromatic carbocycles. The van der Waals surface area contributed by atoms with Gasteiger partial charge in [-0.3, -0.25) is 19.5 Å². The molecule has 0 aliphatic carbocycles. The summed E-state index contributed by atoms with van der Waals surface area (Å²) in [6.07, 6.45) is 2.50. The maximum Gasteiger partial charge on any atom is 0.256 e. The van der Waals surface area contributed by atoms with E-state index in [4.69, 9.17) is 0 Å². The number of hydrogen-bond acceptors (Lipinski definition) is 4. The molecule has 4 heterocycles. The largest absolute Gasteiger partial charge is 0.337 e. The third-order valence-corrected chi connectivity index (χ3v) is 6.23. The molecule has 1 spiro atoms. The number of amides is 1. The molecular weight excluding hydrogens is 402 g/mol. The highest BCUT2D eigenvalue weighted by atomic mass is 19.1. The van der Waals surface area contributed by atoms with Crippen molar-refractivity contribution in [2.45, 2.75) is 19.9 Å². The first-order valence-electron chi connectivity index (χ1n) is 10.3. The van der Waals surface area contributed by atoms with Crippen molar-refractivity contribution in [2.24, 2.45) is 5.41 Å². The fourth-order valence-corrected chi connectivity index (χ4v) is 4.73. The minimum Gasteiger partial charge on any atom is -0.337 e. The average Bonchev–Trinajstić information content (AvgIpc) is 2.67. The Morgan fingerprint density at radius 3 is 2.65 bits per heavy atom. The lowest BCUT2D eigenvalue weighted by Crippen LogP contribution is -2.72. The molecule has 0 saturated carbocycles. The first-order valence-corrected chi connectivity index (χ1v) is 10.3. The summed E-state index contributed by atoms with van der Waals surface area (Å²) in [4.78, 5) is 35.8. The third-order valence-electron chi connectivity index (χ3n) is 6.23. The summed E-state index contributed by atoms with van der Waals surface area (Å²) >= 11 is 0. The average molecular weight is 424 g/mol. The van der Waals surface area contributed by atoms with E-state index in [1.165, 1.54) is 6.07 Å². The molecule has 6 nitrogen and oxygen atoms in total. The number of hydrogen-bond donors (Lipinski definition) is 1. The maximum atomic E-state index is 13.9. The number of benzene rings is 1. The van der Waals surface area contributed by atoms with Gasteiger partial charge in [0, 0.05) is 56.0 Å². The quantitative estimate of drug-likeness (QED) is 0.699. The van der Waals surface area contributed by atoms with Crippen LogP contribution in [0.4, 0.5) is 8.78 Å². The van der Waals surface area contributed by atoms with E-state index in [0.29, 0.717) is 26.1 Å². The monoisotopic (exact) mass is 424 g/mol. The number of nitrogens with zero attached hydrogens (tertiary/aromatic N) is 3. The molecule has 2 aromatic heterocycles. The van der Waals surface area contributed by atoms with Gasteiger partial charge in [0.05, 0.1) is 16.6 Å². The smallest absolute Gasteiger partial charge is 0.256 e. The normalized spacial score (nSPS) is 17.6. The lowest BCUT2D eigenvalue weighted by Gasteiger charge is -2.60. The van der Waals surface area contributed by atoms with Crippen LogP contribution in [0, 0.1) is 17.0 Å². The van der Waals surface area contributed by atoms with Crippen LogP contribution in [0.25, 0.3) is 11.0 Å². The third kappa shape index (κ3) is 3.50. The molecular formula is C23H22F2N4O2. The van der Waals surface area contributed by atoms with Gasteiger partial charge < -0.3 is 9.88 Å². The molecule has 5 rings (SSSR count). The zero-order valence-electron chi connectivity index (χ0n) is 17.1. The van der Waals surface area contributed by atoms with E-state index in [1.807, 2.05) is 25.3 Å². The van der Waals surface area contributed by atoms with Crippen molar-refractivity contribution in [3.63, 3.8) is 0 Å². The van der Waals surface area contributed by atoms with E-state index in [2.05, 4.69) is 14.9 Å². The molecule has 2 aliphatic heterocycles. The Morgan fingerprint density at radius 1 is 1.16 bits per heavy atom. The molecule has 8 heteroatoms. The number of nitrogens with one attached hydrogen (secondary N) is 1. The summed E-state index contributed by atoms with van der Waals surface area (Å²) in [5.74, 6) is -1.91. The van der Waals surface area contributed by atoms with Crippen LogP contribution in [-0.2, 0) is 13.0 Å². The predicted molar refractivity (Wildman–Crippen MR) is 112 cm³/mol. The minimum atomic E-state index is -0.825. The molecule has 2 fully saturated rings. The van der Waals surface area contributed by atoms with Crippen molar-refractivity contribution in [3.8, 4) is 0 Å². The van der Waals surface area contributed by atoms with E-state index in [0.717, 1.165) is 47.4 Å². The molecule has 31 heavy (non-hydrogen) atoms. The van der Waals surface area contributed by atoms with Gasteiger partial charge in [-0.25, -0.2) is 8.78 Å². The standard InChI is InChI=1S/C23H22F2N4O2/c1-2-15-6-19-20(27-21(15)30)5-14(8-26-19)9-28-10-23(11-28)12-29(13-23)22(31)17-4-3-16(24)7-18(17)25/h3-8H,2,9-13H2,1H3,(H,27,30). The summed E-state index contributed by atoms with van der Waals surface area (Å²) in [5, 5.41) is 0. The number of carbonyl (C=O) groups excluding carboxylic acids is 1. The number of aromatic nitrogens is 2. The van der Waals surface area contributed by atoms with Crippen molar-refractivity contribution in [1.82, 2.24) is 19.8 Å². The van der Waals surface area contributed by atoms with E-state index in [-0.39, 0.29) is 16.5 Å². The Morgan fingerprint density at radius 2 is 1.94 bits per heavy atom. The lowest BCUT2D eigenvalue weighted by molar-refractivity contribution is -0.102. The zero-order valence-corrected chi connectivity index (χ0v) is 17.1. The summed E-state index contributed by atoms with van der Waals surface area (Å²) < 4.78 is 26.9. The summed E-state index contributed by atoms with van der Waals surface area (Å²) in [6.45, 7) is 5.47. The summed E-state index contributed by atoms with van der Waals surface area (Å²) in [5.41, 5.74) is 3.13. The van der Waals surface area contributed by atoms with E-state index in [1.54, 1.807) is 4.90 Å². The first-order chi connectivity index (χ1) is 14.9. The van der Waals surface area contributed by atoms with Crippen molar-refractivity contribution < 1.29 is 13.6 Å². The molecule has 2 aliphatic rings. The molecule has 0 bridgehead atoms. The molecule has 0 radical (unpaired) electrons. The summed E-state index contributed by atoms with van der Waals surface area (Å²) in [6, 6.07) is 6.83. The Bertz CT molecular complexity index is 1240. The highest BCUT2D eigenvalue weighted by Crippen LogP contribution is 2.41. The highest BCUT2D eigenvalue weighted by molar-refractivity contribution is 5.95. The Kier molecular flexibility index (Phi) is 4.62. The number of aryl methyl sites for hydroxylation is 1. The van der Waals surface area contributed by atoms with Gasteiger partial charge in [0.2, 0.25) is 0 Å². The van der Waals surface area contributed by atoms with Gasteiger partial charge in [0.25, 0.3) is 11.5 Å². The lowest BCUT2D eigenvalue weighted by atomic mass is 9.72. The molecule has 0 unspecified atom stereocenters. The predicted octanol–water partition coefficient (Wildman–Crippen LogP) is 2.72. The van der Waals surface area contributed by atoms with Crippen molar-refractivity contribution in [1.29, 1.82) is 0 Å². The van der Waals surface area contributed by atoms with Gasteiger partial charge in [-0.15, -0.1) is 0 Å². The number of pyridine rings is 2. The van der Waals surface area contributed by atoms with Crippen molar-refractivity contribution in [2.75, 3.05) is 26.2 Å². The highest BCUT2D eigenvalue weighted by Gasteiger charge is 2.53. The van der Waals surface area contributed by atoms with E-state index < -0.39 is 17.5 Å². The topological polar surface area (TPSA) is 69.3 Å². The second kappa shape index (κ2) is 7.23. The van der Waals surface area contributed by atoms with Crippen molar-refractivity contribution in [3.05, 3.63) is 75.2 Å². The van der Waals surface area contributed by atoms with Crippen LogP contribution < -0.4 is 5.56 Å². The molecule has 160 valence electrons. The SMILES string of the molecule is CCc1cc2ncc(CN3CC4(C3)CN(C(=O)c3ccc(F)cc3F)C4)cc2[nH]c1=O. The maximum absolute atomic E-state index is 13.9. The number of H-pyrrole nitrogens is 1. The Balaban J connectivity index is 1.19. The second-order valence-corrected chi connectivity index (χ2v) is 8.68. The Hall–Kier alpha value is -3.13. The van der Waals surface area contributed by atoms with Crippen molar-refractivity contribution >= 4 is 16.9 Å². The van der Waals surface area contributed by atoms with Crippen LogP contribution in [0.5, 0.6) is 0 Å². The van der Waals surface area contributed by atoms with Crippen LogP contribution in [0.1, 0.15) is 28.4 Å².